The number of fused-ring (bicyclic) bond motifs is 3. The molecule has 0 amide bonds. The fourth-order valence-corrected chi connectivity index (χ4v) is 11.9. The van der Waals surface area contributed by atoms with Gasteiger partial charge in [-0.25, -0.2) is 0 Å². The second-order valence-corrected chi connectivity index (χ2v) is 28.9. The molecule has 11 aromatic rings. The minimum atomic E-state index is -0.115. The van der Waals surface area contributed by atoms with Gasteiger partial charge in [0.2, 0.25) is 0 Å². The smallest absolute Gasteiger partial charge is 0.0543 e. The predicted octanol–water partition coefficient (Wildman–Crippen LogP) is 22.3. The number of nitrogens with zero attached hydrogens (tertiary/aromatic N) is 2. The Morgan fingerprint density at radius 1 is 0.295 bits per heavy atom. The van der Waals surface area contributed by atoms with Crippen LogP contribution in [0.2, 0.25) is 0 Å². The summed E-state index contributed by atoms with van der Waals surface area (Å²) in [6.45, 7) is 42.1. The van der Waals surface area contributed by atoms with Crippen LogP contribution in [0, 0.1) is 0 Å². The number of benzene rings is 10. The molecule has 0 radical (unpaired) electrons. The molecule has 2 heteroatoms. The van der Waals surface area contributed by atoms with Crippen molar-refractivity contribution in [1.29, 1.82) is 0 Å². The third-order valence-corrected chi connectivity index (χ3v) is 16.9. The summed E-state index contributed by atoms with van der Waals surface area (Å²) in [4.78, 5) is 2.64. The van der Waals surface area contributed by atoms with Crippen LogP contribution in [0.15, 0.2) is 170 Å². The zero-order chi connectivity index (χ0) is 55.8. The van der Waals surface area contributed by atoms with E-state index in [-0.39, 0.29) is 32.5 Å². The molecule has 1 aromatic heterocycles. The Morgan fingerprint density at radius 2 is 0.731 bits per heavy atom. The molecule has 78 heavy (non-hydrogen) atoms. The van der Waals surface area contributed by atoms with Crippen LogP contribution in [0.3, 0.4) is 0 Å². The lowest BCUT2D eigenvalue weighted by Crippen LogP contribution is -2.20. The highest BCUT2D eigenvalue weighted by Gasteiger charge is 2.30. The maximum Gasteiger partial charge on any atom is 0.0543 e. The van der Waals surface area contributed by atoms with Crippen molar-refractivity contribution in [3.63, 3.8) is 0 Å². The second-order valence-electron chi connectivity index (χ2n) is 28.9. The van der Waals surface area contributed by atoms with E-state index < -0.39 is 0 Å². The maximum absolute atomic E-state index is 2.64. The molecule has 0 aliphatic carbocycles. The molecule has 0 atom stereocenters. The van der Waals surface area contributed by atoms with E-state index >= 15 is 0 Å². The predicted molar refractivity (Wildman–Crippen MR) is 342 cm³/mol. The number of rotatable bonds is 6. The van der Waals surface area contributed by atoms with Gasteiger partial charge in [0.05, 0.1) is 28.1 Å². The van der Waals surface area contributed by atoms with Crippen molar-refractivity contribution < 1.29 is 0 Å². The molecule has 2 nitrogen and oxygen atoms in total. The summed E-state index contributed by atoms with van der Waals surface area (Å²) in [5.74, 6) is 0. The highest BCUT2D eigenvalue weighted by molar-refractivity contribution is 6.27. The average Bonchev–Trinajstić information content (AvgIpc) is 3.88. The van der Waals surface area contributed by atoms with Gasteiger partial charge < -0.3 is 9.47 Å². The molecule has 396 valence electrons. The van der Waals surface area contributed by atoms with Crippen LogP contribution in [0.4, 0.5) is 17.1 Å². The molecule has 0 fully saturated rings. The van der Waals surface area contributed by atoms with Crippen LogP contribution in [0.5, 0.6) is 0 Å². The average molecular weight is 1020 g/mol. The number of hydrogen-bond donors (Lipinski definition) is 0. The molecule has 0 bridgehead atoms. The Hall–Kier alpha value is -7.16. The summed E-state index contributed by atoms with van der Waals surface area (Å²) in [6, 6.07) is 66.4. The van der Waals surface area contributed by atoms with E-state index in [0.29, 0.717) is 0 Å². The molecule has 1 heterocycles. The summed E-state index contributed by atoms with van der Waals surface area (Å²) in [7, 11) is 0. The first-order valence-corrected chi connectivity index (χ1v) is 28.6. The van der Waals surface area contributed by atoms with Gasteiger partial charge in [0.25, 0.3) is 0 Å². The standard InChI is InChI=1S/C76H82N2/c1-71(2,3)50-28-34-57(61(43-50)47-22-20-19-21-23-47)58-35-29-53(74(10,11)12)46-68(58)77(56-41-54(75(13,14)15)40-55(42-56)76(16,17)18)64-36-26-48-25-33-60-65(37-27-49-24-32-59(64)69(48)70(49)60)78-66-38-30-51(72(4,5)6)44-62(66)63-45-52(73(7,8)9)31-39-67(63)78/h19-46H,1-18H3. The fourth-order valence-electron chi connectivity index (χ4n) is 11.9. The molecule has 0 aliphatic rings. The number of hydrogen-bond acceptors (Lipinski definition) is 1. The largest absolute Gasteiger partial charge is 0.309 e. The summed E-state index contributed by atoms with van der Waals surface area (Å²) in [6.07, 6.45) is 0. The summed E-state index contributed by atoms with van der Waals surface area (Å²) < 4.78 is 2.55. The minimum absolute atomic E-state index is 0.0150. The van der Waals surface area contributed by atoms with E-state index in [1.54, 1.807) is 0 Å². The Kier molecular flexibility index (Phi) is 12.3. The summed E-state index contributed by atoms with van der Waals surface area (Å²) >= 11 is 0. The zero-order valence-electron chi connectivity index (χ0n) is 50.1. The topological polar surface area (TPSA) is 8.17 Å². The maximum atomic E-state index is 2.64. The Balaban J connectivity index is 1.25. The lowest BCUT2D eigenvalue weighted by atomic mass is 9.79. The number of aromatic nitrogens is 1. The minimum Gasteiger partial charge on any atom is -0.309 e. The van der Waals surface area contributed by atoms with Gasteiger partial charge in [-0.1, -0.05) is 240 Å². The molecule has 11 rings (SSSR count). The summed E-state index contributed by atoms with van der Waals surface area (Å²) in [5.41, 5.74) is 19.7. The highest BCUT2D eigenvalue weighted by Crippen LogP contribution is 2.51. The van der Waals surface area contributed by atoms with Crippen LogP contribution in [-0.4, -0.2) is 4.57 Å². The van der Waals surface area contributed by atoms with Crippen molar-refractivity contribution in [2.75, 3.05) is 4.90 Å². The van der Waals surface area contributed by atoms with Gasteiger partial charge in [-0.2, -0.15) is 0 Å². The Morgan fingerprint density at radius 3 is 1.26 bits per heavy atom. The quantitative estimate of drug-likeness (QED) is 0.151. The second kappa shape index (κ2) is 18.2. The van der Waals surface area contributed by atoms with Crippen molar-refractivity contribution in [3.8, 4) is 27.9 Å². The van der Waals surface area contributed by atoms with Crippen molar-refractivity contribution in [2.45, 2.75) is 157 Å². The SMILES string of the molecule is CC(C)(C)c1cc(N(c2cc(C(C)(C)C)ccc2-c2ccc(C(C)(C)C)cc2-c2ccccc2)c2ccc3ccc4c(-n5c6ccc(C(C)(C)C)cc6c6cc(C(C)(C)C)ccc65)ccc5ccc2c3c54)cc(C(C)(C)C)c1. The Bertz CT molecular complexity index is 4010. The van der Waals surface area contributed by atoms with E-state index in [2.05, 4.69) is 304 Å². The third kappa shape index (κ3) is 9.27. The van der Waals surface area contributed by atoms with Gasteiger partial charge in [-0.15, -0.1) is 0 Å². The van der Waals surface area contributed by atoms with E-state index in [0.717, 1.165) is 11.4 Å². The van der Waals surface area contributed by atoms with E-state index in [4.69, 9.17) is 0 Å². The van der Waals surface area contributed by atoms with Gasteiger partial charge in [-0.3, -0.25) is 0 Å². The molecule has 0 aliphatic heterocycles. The van der Waals surface area contributed by atoms with Crippen molar-refractivity contribution in [2.24, 2.45) is 0 Å². The highest BCUT2D eigenvalue weighted by atomic mass is 15.1. The fraction of sp³-hybridized carbons (Fsp3) is 0.316. The van der Waals surface area contributed by atoms with Gasteiger partial charge in [0.15, 0.2) is 0 Å². The first kappa shape index (κ1) is 52.9. The molecular formula is C76H82N2. The third-order valence-electron chi connectivity index (χ3n) is 16.9. The first-order chi connectivity index (χ1) is 36.5. The normalized spacial score (nSPS) is 13.3. The van der Waals surface area contributed by atoms with Crippen molar-refractivity contribution >= 4 is 71.2 Å². The lowest BCUT2D eigenvalue weighted by Gasteiger charge is -2.34. The molecule has 0 N–H and O–H groups in total. The Labute approximate surface area is 466 Å². The number of anilines is 3. The van der Waals surface area contributed by atoms with Crippen molar-refractivity contribution in [3.05, 3.63) is 203 Å². The summed E-state index contributed by atoms with van der Waals surface area (Å²) in [5, 5.41) is 10.1. The van der Waals surface area contributed by atoms with Crippen molar-refractivity contribution in [1.82, 2.24) is 4.57 Å². The monoisotopic (exact) mass is 1020 g/mol. The zero-order valence-corrected chi connectivity index (χ0v) is 50.1. The van der Waals surface area contributed by atoms with E-state index in [9.17, 15) is 0 Å². The molecule has 0 saturated carbocycles. The lowest BCUT2D eigenvalue weighted by molar-refractivity contribution is 0.568. The van der Waals surface area contributed by atoms with Gasteiger partial charge >= 0.3 is 0 Å². The van der Waals surface area contributed by atoms with Crippen LogP contribution < -0.4 is 4.90 Å². The van der Waals surface area contributed by atoms with E-state index in [1.165, 1.54) is 121 Å². The molecular weight excluding hydrogens is 941 g/mol. The van der Waals surface area contributed by atoms with Gasteiger partial charge in [0.1, 0.15) is 0 Å². The van der Waals surface area contributed by atoms with Crippen LogP contribution >= 0.6 is 0 Å². The molecule has 0 saturated heterocycles. The van der Waals surface area contributed by atoms with Crippen LogP contribution in [0.1, 0.15) is 158 Å². The van der Waals surface area contributed by atoms with Crippen LogP contribution in [-0.2, 0) is 32.5 Å². The van der Waals surface area contributed by atoms with Crippen LogP contribution in [0.25, 0.3) is 82.1 Å². The van der Waals surface area contributed by atoms with Gasteiger partial charge in [0, 0.05) is 32.8 Å². The molecule has 10 aromatic carbocycles. The first-order valence-electron chi connectivity index (χ1n) is 28.6. The van der Waals surface area contributed by atoms with E-state index in [1.807, 2.05) is 0 Å². The molecule has 0 unspecified atom stereocenters. The van der Waals surface area contributed by atoms with Gasteiger partial charge in [-0.05, 0) is 159 Å². The molecule has 0 spiro atoms.